The van der Waals surface area contributed by atoms with Crippen LogP contribution in [-0.4, -0.2) is 36.5 Å². The lowest BCUT2D eigenvalue weighted by molar-refractivity contribution is -0.130. The molecule has 0 aliphatic carbocycles. The molecule has 1 aromatic rings. The molecule has 0 saturated carbocycles. The molecule has 5 nitrogen and oxygen atoms in total. The molecule has 3 N–H and O–H groups in total. The van der Waals surface area contributed by atoms with Gasteiger partial charge in [-0.3, -0.25) is 9.69 Å². The summed E-state index contributed by atoms with van der Waals surface area (Å²) in [6, 6.07) is 3.64. The van der Waals surface area contributed by atoms with E-state index < -0.39 is 0 Å². The standard InChI is InChI=1S/C12H19N3O2/c1-2-9-12(16)14-5-6-15(9)10(8-13)11-4-3-7-17-11/h3-4,7,9-10H,2,5-6,8,13H2,1H3,(H,14,16). The van der Waals surface area contributed by atoms with Crippen molar-refractivity contribution in [3.63, 3.8) is 0 Å². The average Bonchev–Trinajstić information content (AvgIpc) is 2.84. The van der Waals surface area contributed by atoms with E-state index >= 15 is 0 Å². The van der Waals surface area contributed by atoms with Crippen molar-refractivity contribution in [1.82, 2.24) is 10.2 Å². The minimum absolute atomic E-state index is 0.0130. The van der Waals surface area contributed by atoms with Crippen LogP contribution in [0.1, 0.15) is 25.1 Å². The SMILES string of the molecule is CCC1C(=O)NCCN1C(CN)c1ccco1. The van der Waals surface area contributed by atoms with Gasteiger partial charge in [0.05, 0.1) is 18.3 Å². The molecule has 2 heterocycles. The number of carbonyl (C=O) groups excluding carboxylic acids is 1. The van der Waals surface area contributed by atoms with Crippen molar-refractivity contribution < 1.29 is 9.21 Å². The fraction of sp³-hybridized carbons (Fsp3) is 0.583. The molecule has 1 amide bonds. The van der Waals surface area contributed by atoms with Crippen LogP contribution in [0, 0.1) is 0 Å². The molecule has 2 rings (SSSR count). The molecule has 1 saturated heterocycles. The van der Waals surface area contributed by atoms with Crippen LogP contribution < -0.4 is 11.1 Å². The van der Waals surface area contributed by atoms with Crippen LogP contribution in [-0.2, 0) is 4.79 Å². The van der Waals surface area contributed by atoms with Crippen molar-refractivity contribution in [2.75, 3.05) is 19.6 Å². The average molecular weight is 237 g/mol. The molecule has 1 aliphatic rings. The third-order valence-corrected chi connectivity index (χ3v) is 3.25. The van der Waals surface area contributed by atoms with E-state index in [0.29, 0.717) is 13.1 Å². The maximum atomic E-state index is 11.8. The lowest BCUT2D eigenvalue weighted by Crippen LogP contribution is -2.56. The first-order chi connectivity index (χ1) is 8.27. The summed E-state index contributed by atoms with van der Waals surface area (Å²) >= 11 is 0. The molecule has 0 aromatic carbocycles. The molecule has 17 heavy (non-hydrogen) atoms. The second kappa shape index (κ2) is 5.33. The molecule has 2 unspecified atom stereocenters. The van der Waals surface area contributed by atoms with Crippen LogP contribution in [0.2, 0.25) is 0 Å². The highest BCUT2D eigenvalue weighted by molar-refractivity contribution is 5.82. The van der Waals surface area contributed by atoms with Crippen LogP contribution >= 0.6 is 0 Å². The second-order valence-corrected chi connectivity index (χ2v) is 4.22. The number of nitrogens with two attached hydrogens (primary N) is 1. The molecule has 5 heteroatoms. The minimum Gasteiger partial charge on any atom is -0.468 e. The Labute approximate surface area is 101 Å². The smallest absolute Gasteiger partial charge is 0.237 e. The summed E-state index contributed by atoms with van der Waals surface area (Å²) in [5.74, 6) is 0.921. The molecule has 0 radical (unpaired) electrons. The van der Waals surface area contributed by atoms with E-state index in [1.807, 2.05) is 19.1 Å². The number of hydrogen-bond acceptors (Lipinski definition) is 4. The summed E-state index contributed by atoms with van der Waals surface area (Å²) in [6.07, 6.45) is 2.42. The lowest BCUT2D eigenvalue weighted by atomic mass is 10.0. The number of piperazine rings is 1. The molecular weight excluding hydrogens is 218 g/mol. The number of nitrogens with one attached hydrogen (secondary N) is 1. The maximum absolute atomic E-state index is 11.8. The molecule has 1 aromatic heterocycles. The zero-order valence-electron chi connectivity index (χ0n) is 10.1. The van der Waals surface area contributed by atoms with Crippen LogP contribution in [0.5, 0.6) is 0 Å². The van der Waals surface area contributed by atoms with Crippen LogP contribution in [0.4, 0.5) is 0 Å². The van der Waals surface area contributed by atoms with E-state index in [-0.39, 0.29) is 18.0 Å². The lowest BCUT2D eigenvalue weighted by Gasteiger charge is -2.38. The Kier molecular flexibility index (Phi) is 3.81. The van der Waals surface area contributed by atoms with Crippen LogP contribution in [0.3, 0.4) is 0 Å². The molecular formula is C12H19N3O2. The summed E-state index contributed by atoms with van der Waals surface area (Å²) in [5, 5.41) is 2.89. The van der Waals surface area contributed by atoms with Gasteiger partial charge in [-0.25, -0.2) is 0 Å². The van der Waals surface area contributed by atoms with Crippen molar-refractivity contribution in [2.24, 2.45) is 5.73 Å². The number of hydrogen-bond donors (Lipinski definition) is 2. The number of amides is 1. The first-order valence-electron chi connectivity index (χ1n) is 6.04. The molecule has 2 atom stereocenters. The zero-order chi connectivity index (χ0) is 12.3. The van der Waals surface area contributed by atoms with Gasteiger partial charge in [-0.05, 0) is 18.6 Å². The van der Waals surface area contributed by atoms with Crippen molar-refractivity contribution >= 4 is 5.91 Å². The predicted octanol–water partition coefficient (Wildman–Crippen LogP) is 0.490. The highest BCUT2D eigenvalue weighted by Crippen LogP contribution is 2.24. The van der Waals surface area contributed by atoms with Gasteiger partial charge in [-0.1, -0.05) is 6.92 Å². The highest BCUT2D eigenvalue weighted by atomic mass is 16.3. The van der Waals surface area contributed by atoms with E-state index in [2.05, 4.69) is 10.2 Å². The molecule has 1 aliphatic heterocycles. The van der Waals surface area contributed by atoms with E-state index in [1.165, 1.54) is 0 Å². The predicted molar refractivity (Wildman–Crippen MR) is 64.3 cm³/mol. The Morgan fingerprint density at radius 1 is 1.71 bits per heavy atom. The topological polar surface area (TPSA) is 71.5 Å². The maximum Gasteiger partial charge on any atom is 0.237 e. The van der Waals surface area contributed by atoms with Crippen molar-refractivity contribution in [3.8, 4) is 0 Å². The van der Waals surface area contributed by atoms with Gasteiger partial charge in [0.1, 0.15) is 5.76 Å². The van der Waals surface area contributed by atoms with Gasteiger partial charge < -0.3 is 15.5 Å². The molecule has 0 bridgehead atoms. The summed E-state index contributed by atoms with van der Waals surface area (Å²) in [4.78, 5) is 13.9. The van der Waals surface area contributed by atoms with Crippen molar-refractivity contribution in [2.45, 2.75) is 25.4 Å². The van der Waals surface area contributed by atoms with Crippen molar-refractivity contribution in [1.29, 1.82) is 0 Å². The van der Waals surface area contributed by atoms with Crippen LogP contribution in [0.15, 0.2) is 22.8 Å². The summed E-state index contributed by atoms with van der Waals surface area (Å²) in [5.41, 5.74) is 5.82. The zero-order valence-corrected chi connectivity index (χ0v) is 10.1. The largest absolute Gasteiger partial charge is 0.468 e. The van der Waals surface area contributed by atoms with Gasteiger partial charge in [0, 0.05) is 19.6 Å². The molecule has 0 spiro atoms. The molecule has 1 fully saturated rings. The Hall–Kier alpha value is -1.33. The van der Waals surface area contributed by atoms with E-state index in [9.17, 15) is 4.79 Å². The fourth-order valence-electron chi connectivity index (χ4n) is 2.42. The van der Waals surface area contributed by atoms with Gasteiger partial charge in [0.2, 0.25) is 5.91 Å². The first-order valence-corrected chi connectivity index (χ1v) is 6.04. The normalized spacial score (nSPS) is 23.4. The van der Waals surface area contributed by atoms with Crippen molar-refractivity contribution in [3.05, 3.63) is 24.2 Å². The number of nitrogens with zero attached hydrogens (tertiary/aromatic N) is 1. The number of rotatable bonds is 4. The number of carbonyl (C=O) groups is 1. The highest BCUT2D eigenvalue weighted by Gasteiger charge is 2.34. The van der Waals surface area contributed by atoms with E-state index in [1.54, 1.807) is 6.26 Å². The van der Waals surface area contributed by atoms with Gasteiger partial charge in [0.25, 0.3) is 0 Å². The van der Waals surface area contributed by atoms with Crippen LogP contribution in [0.25, 0.3) is 0 Å². The fourth-order valence-corrected chi connectivity index (χ4v) is 2.42. The minimum atomic E-state index is -0.109. The van der Waals surface area contributed by atoms with Gasteiger partial charge in [-0.15, -0.1) is 0 Å². The third-order valence-electron chi connectivity index (χ3n) is 3.25. The third kappa shape index (κ3) is 2.35. The number of furan rings is 1. The Bertz CT molecular complexity index is 364. The van der Waals surface area contributed by atoms with Gasteiger partial charge >= 0.3 is 0 Å². The molecule has 94 valence electrons. The monoisotopic (exact) mass is 237 g/mol. The Balaban J connectivity index is 2.20. The Morgan fingerprint density at radius 3 is 3.12 bits per heavy atom. The Morgan fingerprint density at radius 2 is 2.53 bits per heavy atom. The second-order valence-electron chi connectivity index (χ2n) is 4.22. The first kappa shape index (κ1) is 12.1. The van der Waals surface area contributed by atoms with Gasteiger partial charge in [-0.2, -0.15) is 0 Å². The summed E-state index contributed by atoms with van der Waals surface area (Å²) in [6.45, 7) is 3.95. The quantitative estimate of drug-likeness (QED) is 0.799. The van der Waals surface area contributed by atoms with Gasteiger partial charge in [0.15, 0.2) is 0 Å². The van der Waals surface area contributed by atoms with E-state index in [4.69, 9.17) is 10.2 Å². The summed E-state index contributed by atoms with van der Waals surface area (Å²) < 4.78 is 5.41. The summed E-state index contributed by atoms with van der Waals surface area (Å²) in [7, 11) is 0. The van der Waals surface area contributed by atoms with E-state index in [0.717, 1.165) is 18.7 Å².